The Morgan fingerprint density at radius 3 is 2.90 bits per heavy atom. The summed E-state index contributed by atoms with van der Waals surface area (Å²) >= 11 is 3.47. The van der Waals surface area contributed by atoms with E-state index in [-0.39, 0.29) is 17.3 Å². The zero-order valence-corrected chi connectivity index (χ0v) is 13.5. The summed E-state index contributed by atoms with van der Waals surface area (Å²) in [7, 11) is 0. The first-order valence-electron chi connectivity index (χ1n) is 7.06. The standard InChI is InChI=1S/C14H20BrN3O2/c1-14(2)9-17(8-11(7-15)20-14)12-13(19)18(6-5-16-12)10-3-4-10/h5-6,10-11H,3-4,7-9H2,1-2H3. The number of rotatable bonds is 3. The molecular formula is C14H20BrN3O2. The number of aromatic nitrogens is 2. The van der Waals surface area contributed by atoms with Crippen LogP contribution in [-0.2, 0) is 4.74 Å². The van der Waals surface area contributed by atoms with Crippen molar-refractivity contribution in [1.82, 2.24) is 9.55 Å². The summed E-state index contributed by atoms with van der Waals surface area (Å²) in [6.45, 7) is 5.49. The van der Waals surface area contributed by atoms with Crippen LogP contribution in [0.25, 0.3) is 0 Å². The molecule has 0 radical (unpaired) electrons. The van der Waals surface area contributed by atoms with Gasteiger partial charge in [-0.2, -0.15) is 0 Å². The van der Waals surface area contributed by atoms with Crippen molar-refractivity contribution in [2.45, 2.75) is 44.4 Å². The Balaban J connectivity index is 1.92. The van der Waals surface area contributed by atoms with Crippen molar-refractivity contribution in [3.8, 4) is 0 Å². The molecule has 0 aromatic carbocycles. The van der Waals surface area contributed by atoms with Crippen LogP contribution in [0.2, 0.25) is 0 Å². The summed E-state index contributed by atoms with van der Waals surface area (Å²) in [6.07, 6.45) is 5.82. The number of nitrogens with zero attached hydrogens (tertiary/aromatic N) is 3. The Kier molecular flexibility index (Phi) is 3.62. The summed E-state index contributed by atoms with van der Waals surface area (Å²) in [4.78, 5) is 19.0. The van der Waals surface area contributed by atoms with Crippen LogP contribution in [-0.4, -0.2) is 39.7 Å². The monoisotopic (exact) mass is 341 g/mol. The third-order valence-corrected chi connectivity index (χ3v) is 4.47. The van der Waals surface area contributed by atoms with Gasteiger partial charge in [-0.15, -0.1) is 0 Å². The number of alkyl halides is 1. The molecule has 0 bridgehead atoms. The molecule has 1 aromatic rings. The lowest BCUT2D eigenvalue weighted by Crippen LogP contribution is -2.55. The van der Waals surface area contributed by atoms with E-state index in [0.717, 1.165) is 18.2 Å². The molecule has 0 spiro atoms. The molecular weight excluding hydrogens is 322 g/mol. The molecule has 1 unspecified atom stereocenters. The second-order valence-electron chi connectivity index (χ2n) is 6.23. The van der Waals surface area contributed by atoms with Crippen LogP contribution in [0.4, 0.5) is 5.82 Å². The molecule has 5 nitrogen and oxygen atoms in total. The van der Waals surface area contributed by atoms with E-state index in [2.05, 4.69) is 39.7 Å². The molecule has 6 heteroatoms. The molecule has 1 aliphatic heterocycles. The summed E-state index contributed by atoms with van der Waals surface area (Å²) in [5, 5.41) is 0.760. The highest BCUT2D eigenvalue weighted by molar-refractivity contribution is 9.09. The maximum atomic E-state index is 12.6. The topological polar surface area (TPSA) is 47.4 Å². The first-order chi connectivity index (χ1) is 9.50. The van der Waals surface area contributed by atoms with Crippen LogP contribution in [0.5, 0.6) is 0 Å². The average Bonchev–Trinajstić information content (AvgIpc) is 3.21. The van der Waals surface area contributed by atoms with Gasteiger partial charge in [-0.3, -0.25) is 4.79 Å². The zero-order valence-electron chi connectivity index (χ0n) is 11.9. The lowest BCUT2D eigenvalue weighted by molar-refractivity contribution is -0.0726. The molecule has 2 heterocycles. The highest BCUT2D eigenvalue weighted by Gasteiger charge is 2.35. The largest absolute Gasteiger partial charge is 0.368 e. The fourth-order valence-electron chi connectivity index (χ4n) is 2.81. The van der Waals surface area contributed by atoms with E-state index in [1.807, 2.05) is 4.57 Å². The van der Waals surface area contributed by atoms with Crippen molar-refractivity contribution in [2.75, 3.05) is 23.3 Å². The molecule has 1 saturated carbocycles. The Morgan fingerprint density at radius 2 is 2.25 bits per heavy atom. The summed E-state index contributed by atoms with van der Waals surface area (Å²) in [5.74, 6) is 0.557. The third kappa shape index (κ3) is 2.76. The van der Waals surface area contributed by atoms with Crippen molar-refractivity contribution in [3.05, 3.63) is 22.7 Å². The minimum atomic E-state index is -0.273. The molecule has 2 aliphatic rings. The predicted molar refractivity (Wildman–Crippen MR) is 81.7 cm³/mol. The number of anilines is 1. The normalized spacial score (nSPS) is 25.8. The molecule has 20 heavy (non-hydrogen) atoms. The molecule has 1 aliphatic carbocycles. The van der Waals surface area contributed by atoms with E-state index in [1.54, 1.807) is 12.4 Å². The Labute approximate surface area is 127 Å². The third-order valence-electron chi connectivity index (χ3n) is 3.74. The highest BCUT2D eigenvalue weighted by Crippen LogP contribution is 2.33. The molecule has 1 aromatic heterocycles. The quantitative estimate of drug-likeness (QED) is 0.788. The van der Waals surface area contributed by atoms with Gasteiger partial charge in [0.1, 0.15) is 0 Å². The van der Waals surface area contributed by atoms with Gasteiger partial charge in [-0.1, -0.05) is 15.9 Å². The van der Waals surface area contributed by atoms with Crippen molar-refractivity contribution in [3.63, 3.8) is 0 Å². The van der Waals surface area contributed by atoms with Gasteiger partial charge in [-0.25, -0.2) is 4.98 Å². The number of morpholine rings is 1. The smallest absolute Gasteiger partial charge is 0.293 e. The van der Waals surface area contributed by atoms with Crippen LogP contribution < -0.4 is 10.5 Å². The second-order valence-corrected chi connectivity index (χ2v) is 6.88. The van der Waals surface area contributed by atoms with Gasteiger partial charge < -0.3 is 14.2 Å². The fraction of sp³-hybridized carbons (Fsp3) is 0.714. The first-order valence-corrected chi connectivity index (χ1v) is 8.18. The highest BCUT2D eigenvalue weighted by atomic mass is 79.9. The Bertz CT molecular complexity index is 554. The predicted octanol–water partition coefficient (Wildman–Crippen LogP) is 1.96. The molecule has 3 rings (SSSR count). The maximum Gasteiger partial charge on any atom is 0.293 e. The molecule has 1 saturated heterocycles. The van der Waals surface area contributed by atoms with Crippen LogP contribution in [0.3, 0.4) is 0 Å². The SMILES string of the molecule is CC1(C)CN(c2nccn(C3CC3)c2=O)CC(CBr)O1. The Hall–Kier alpha value is -0.880. The van der Waals surface area contributed by atoms with Crippen LogP contribution in [0.15, 0.2) is 17.2 Å². The maximum absolute atomic E-state index is 12.6. The molecule has 110 valence electrons. The number of hydrogen-bond donors (Lipinski definition) is 0. The first kappa shape index (κ1) is 14.1. The van der Waals surface area contributed by atoms with Crippen molar-refractivity contribution >= 4 is 21.7 Å². The van der Waals surface area contributed by atoms with Gasteiger partial charge >= 0.3 is 0 Å². The van der Waals surface area contributed by atoms with Crippen molar-refractivity contribution in [1.29, 1.82) is 0 Å². The lowest BCUT2D eigenvalue weighted by Gasteiger charge is -2.42. The lowest BCUT2D eigenvalue weighted by atomic mass is 10.1. The minimum absolute atomic E-state index is 0.0287. The van der Waals surface area contributed by atoms with E-state index in [1.165, 1.54) is 0 Å². The van der Waals surface area contributed by atoms with E-state index in [0.29, 0.717) is 24.9 Å². The fourth-order valence-corrected chi connectivity index (χ4v) is 3.15. The summed E-state index contributed by atoms with van der Waals surface area (Å²) in [5.41, 5.74) is -0.244. The number of hydrogen-bond acceptors (Lipinski definition) is 4. The number of halogens is 1. The van der Waals surface area contributed by atoms with Gasteiger partial charge in [-0.05, 0) is 26.7 Å². The molecule has 1 atom stereocenters. The zero-order chi connectivity index (χ0) is 14.3. The van der Waals surface area contributed by atoms with E-state index >= 15 is 0 Å². The summed E-state index contributed by atoms with van der Waals surface area (Å²) in [6, 6.07) is 0.380. The van der Waals surface area contributed by atoms with E-state index < -0.39 is 0 Å². The minimum Gasteiger partial charge on any atom is -0.368 e. The van der Waals surface area contributed by atoms with Gasteiger partial charge in [0.15, 0.2) is 5.82 Å². The molecule has 0 amide bonds. The van der Waals surface area contributed by atoms with E-state index in [4.69, 9.17) is 4.74 Å². The van der Waals surface area contributed by atoms with Gasteiger partial charge in [0, 0.05) is 36.9 Å². The Morgan fingerprint density at radius 1 is 1.50 bits per heavy atom. The van der Waals surface area contributed by atoms with Crippen LogP contribution in [0, 0.1) is 0 Å². The second kappa shape index (κ2) is 5.15. The van der Waals surface area contributed by atoms with Crippen LogP contribution in [0.1, 0.15) is 32.7 Å². The molecule has 2 fully saturated rings. The van der Waals surface area contributed by atoms with Gasteiger partial charge in [0.05, 0.1) is 11.7 Å². The van der Waals surface area contributed by atoms with Crippen molar-refractivity contribution < 1.29 is 4.74 Å². The number of ether oxygens (including phenoxy) is 1. The summed E-state index contributed by atoms with van der Waals surface area (Å²) < 4.78 is 7.81. The van der Waals surface area contributed by atoms with E-state index in [9.17, 15) is 4.79 Å². The van der Waals surface area contributed by atoms with Gasteiger partial charge in [0.2, 0.25) is 0 Å². The van der Waals surface area contributed by atoms with Crippen LogP contribution >= 0.6 is 15.9 Å². The van der Waals surface area contributed by atoms with Crippen molar-refractivity contribution in [2.24, 2.45) is 0 Å². The molecule has 0 N–H and O–H groups in total. The van der Waals surface area contributed by atoms with Gasteiger partial charge in [0.25, 0.3) is 5.56 Å². The average molecular weight is 342 g/mol.